The number of hydrogen-bond donors (Lipinski definition) is 1. The Kier molecular flexibility index (Phi) is 4.69. The fourth-order valence-corrected chi connectivity index (χ4v) is 2.91. The third-order valence-corrected chi connectivity index (χ3v) is 3.92. The summed E-state index contributed by atoms with van der Waals surface area (Å²) in [6, 6.07) is 10.3. The van der Waals surface area contributed by atoms with Crippen molar-refractivity contribution in [3.05, 3.63) is 60.1 Å². The van der Waals surface area contributed by atoms with Crippen molar-refractivity contribution in [1.29, 1.82) is 0 Å². The summed E-state index contributed by atoms with van der Waals surface area (Å²) in [5, 5.41) is 7.72. The highest BCUT2D eigenvalue weighted by molar-refractivity contribution is 6.12. The van der Waals surface area contributed by atoms with Crippen LogP contribution in [0, 0.1) is 5.92 Å². The molecule has 2 aromatic rings. The SMILES string of the molecule is CC1=CN(CC(C)C)C(Nc2cnn(C)c2)N=C1c1ccccc1. The molecule has 0 saturated carbocycles. The van der Waals surface area contributed by atoms with Crippen molar-refractivity contribution in [3.8, 4) is 0 Å². The van der Waals surface area contributed by atoms with Crippen LogP contribution in [-0.4, -0.2) is 33.2 Å². The molecule has 0 radical (unpaired) electrons. The molecule has 0 aliphatic carbocycles. The highest BCUT2D eigenvalue weighted by Crippen LogP contribution is 2.21. The van der Waals surface area contributed by atoms with Crippen molar-refractivity contribution in [2.45, 2.75) is 27.1 Å². The Morgan fingerprint density at radius 3 is 2.58 bits per heavy atom. The maximum Gasteiger partial charge on any atom is 0.197 e. The van der Waals surface area contributed by atoms with Gasteiger partial charge in [-0.15, -0.1) is 0 Å². The fourth-order valence-electron chi connectivity index (χ4n) is 2.91. The van der Waals surface area contributed by atoms with Crippen molar-refractivity contribution in [2.75, 3.05) is 11.9 Å². The lowest BCUT2D eigenvalue weighted by Gasteiger charge is -2.34. The number of nitrogens with one attached hydrogen (secondary N) is 1. The first-order chi connectivity index (χ1) is 11.5. The van der Waals surface area contributed by atoms with Crippen LogP contribution in [-0.2, 0) is 7.05 Å². The molecule has 0 amide bonds. The Morgan fingerprint density at radius 1 is 1.21 bits per heavy atom. The van der Waals surface area contributed by atoms with Gasteiger partial charge < -0.3 is 10.2 Å². The summed E-state index contributed by atoms with van der Waals surface area (Å²) in [7, 11) is 1.92. The van der Waals surface area contributed by atoms with E-state index in [0.29, 0.717) is 5.92 Å². The summed E-state index contributed by atoms with van der Waals surface area (Å²) in [5.41, 5.74) is 4.34. The number of hydrogen-bond acceptors (Lipinski definition) is 4. The minimum atomic E-state index is -0.129. The van der Waals surface area contributed by atoms with Crippen LogP contribution in [0.25, 0.3) is 0 Å². The van der Waals surface area contributed by atoms with Crippen molar-refractivity contribution >= 4 is 11.4 Å². The van der Waals surface area contributed by atoms with Crippen LogP contribution in [0.4, 0.5) is 5.69 Å². The van der Waals surface area contributed by atoms with Crippen LogP contribution in [0.5, 0.6) is 0 Å². The molecule has 5 heteroatoms. The number of anilines is 1. The van der Waals surface area contributed by atoms with Crippen LogP contribution in [0.2, 0.25) is 0 Å². The van der Waals surface area contributed by atoms with Gasteiger partial charge in [-0.1, -0.05) is 44.2 Å². The van der Waals surface area contributed by atoms with Gasteiger partial charge in [-0.3, -0.25) is 4.68 Å². The van der Waals surface area contributed by atoms with Gasteiger partial charge in [0.15, 0.2) is 6.29 Å². The zero-order chi connectivity index (χ0) is 17.1. The summed E-state index contributed by atoms with van der Waals surface area (Å²) < 4.78 is 1.79. The van der Waals surface area contributed by atoms with E-state index in [9.17, 15) is 0 Å². The summed E-state index contributed by atoms with van der Waals surface area (Å²) in [5.74, 6) is 0.556. The quantitative estimate of drug-likeness (QED) is 0.916. The van der Waals surface area contributed by atoms with Crippen molar-refractivity contribution in [1.82, 2.24) is 14.7 Å². The van der Waals surface area contributed by atoms with E-state index < -0.39 is 0 Å². The van der Waals surface area contributed by atoms with E-state index >= 15 is 0 Å². The van der Waals surface area contributed by atoms with Gasteiger partial charge in [-0.05, 0) is 18.4 Å². The predicted molar refractivity (Wildman–Crippen MR) is 98.9 cm³/mol. The lowest BCUT2D eigenvalue weighted by molar-refractivity contribution is 0.271. The second kappa shape index (κ2) is 6.91. The second-order valence-corrected chi connectivity index (χ2v) is 6.67. The van der Waals surface area contributed by atoms with E-state index in [4.69, 9.17) is 4.99 Å². The predicted octanol–water partition coefficient (Wildman–Crippen LogP) is 3.48. The monoisotopic (exact) mass is 323 g/mol. The lowest BCUT2D eigenvalue weighted by atomic mass is 10.0. The highest BCUT2D eigenvalue weighted by Gasteiger charge is 2.23. The first-order valence-electron chi connectivity index (χ1n) is 8.36. The molecule has 1 N–H and O–H groups in total. The van der Waals surface area contributed by atoms with Crippen LogP contribution < -0.4 is 5.32 Å². The van der Waals surface area contributed by atoms with Crippen molar-refractivity contribution in [2.24, 2.45) is 18.0 Å². The standard InChI is InChI=1S/C19H25N5/c1-14(2)11-24-12-15(3)18(16-8-6-5-7-9-16)22-19(24)21-17-10-20-23(4)13-17/h5-10,12-14,19,21H,11H2,1-4H3. The number of aryl methyl sites for hydroxylation is 1. The molecular formula is C19H25N5. The van der Waals surface area contributed by atoms with Gasteiger partial charge in [0, 0.05) is 31.6 Å². The Morgan fingerprint density at radius 2 is 1.96 bits per heavy atom. The smallest absolute Gasteiger partial charge is 0.197 e. The summed E-state index contributed by atoms with van der Waals surface area (Å²) in [6.45, 7) is 7.52. The molecule has 0 bridgehead atoms. The first-order valence-corrected chi connectivity index (χ1v) is 8.36. The van der Waals surface area contributed by atoms with Crippen LogP contribution in [0.15, 0.2) is 59.5 Å². The van der Waals surface area contributed by atoms with Gasteiger partial charge in [0.2, 0.25) is 0 Å². The average Bonchev–Trinajstić information content (AvgIpc) is 2.95. The molecule has 2 heterocycles. The van der Waals surface area contributed by atoms with Crippen molar-refractivity contribution in [3.63, 3.8) is 0 Å². The van der Waals surface area contributed by atoms with Gasteiger partial charge in [-0.2, -0.15) is 5.10 Å². The molecule has 1 aliphatic rings. The third kappa shape index (κ3) is 3.67. The van der Waals surface area contributed by atoms with Gasteiger partial charge in [0.05, 0.1) is 17.6 Å². The van der Waals surface area contributed by atoms with E-state index in [1.54, 1.807) is 4.68 Å². The maximum atomic E-state index is 5.00. The van der Waals surface area contributed by atoms with E-state index in [2.05, 4.69) is 66.6 Å². The molecular weight excluding hydrogens is 298 g/mol. The van der Waals surface area contributed by atoms with E-state index in [1.165, 1.54) is 5.57 Å². The fraction of sp³-hybridized carbons (Fsp3) is 0.368. The molecule has 1 aliphatic heterocycles. The van der Waals surface area contributed by atoms with E-state index in [1.807, 2.05) is 25.5 Å². The molecule has 3 rings (SSSR count). The Balaban J connectivity index is 1.91. The zero-order valence-corrected chi connectivity index (χ0v) is 14.8. The number of allylic oxidation sites excluding steroid dienone is 1. The molecule has 0 fully saturated rings. The van der Waals surface area contributed by atoms with E-state index in [-0.39, 0.29) is 6.29 Å². The molecule has 1 aromatic heterocycles. The molecule has 1 unspecified atom stereocenters. The Hall–Kier alpha value is -2.56. The topological polar surface area (TPSA) is 45.5 Å². The molecule has 1 atom stereocenters. The second-order valence-electron chi connectivity index (χ2n) is 6.67. The number of aromatic nitrogens is 2. The molecule has 0 spiro atoms. The molecule has 126 valence electrons. The average molecular weight is 323 g/mol. The zero-order valence-electron chi connectivity index (χ0n) is 14.8. The minimum Gasteiger partial charge on any atom is -0.344 e. The normalized spacial score (nSPS) is 17.7. The maximum absolute atomic E-state index is 5.00. The molecule has 24 heavy (non-hydrogen) atoms. The van der Waals surface area contributed by atoms with Crippen LogP contribution in [0.3, 0.4) is 0 Å². The van der Waals surface area contributed by atoms with Crippen LogP contribution >= 0.6 is 0 Å². The molecule has 1 aromatic carbocycles. The number of benzene rings is 1. The summed E-state index contributed by atoms with van der Waals surface area (Å²) >= 11 is 0. The minimum absolute atomic E-state index is 0.129. The number of rotatable bonds is 5. The van der Waals surface area contributed by atoms with Crippen LogP contribution in [0.1, 0.15) is 26.3 Å². The number of aliphatic imine (C=N–C) groups is 1. The first kappa shape index (κ1) is 16.3. The largest absolute Gasteiger partial charge is 0.344 e. The van der Waals surface area contributed by atoms with Gasteiger partial charge >= 0.3 is 0 Å². The summed E-state index contributed by atoms with van der Waals surface area (Å²) in [4.78, 5) is 7.26. The lowest BCUT2D eigenvalue weighted by Crippen LogP contribution is -2.41. The summed E-state index contributed by atoms with van der Waals surface area (Å²) in [6.07, 6.45) is 5.88. The van der Waals surface area contributed by atoms with Gasteiger partial charge in [-0.25, -0.2) is 4.99 Å². The highest BCUT2D eigenvalue weighted by atomic mass is 15.4. The molecule has 5 nitrogen and oxygen atoms in total. The van der Waals surface area contributed by atoms with Gasteiger partial charge in [0.25, 0.3) is 0 Å². The van der Waals surface area contributed by atoms with Crippen molar-refractivity contribution < 1.29 is 0 Å². The van der Waals surface area contributed by atoms with Gasteiger partial charge in [0.1, 0.15) is 0 Å². The Bertz CT molecular complexity index is 742. The number of nitrogens with zero attached hydrogens (tertiary/aromatic N) is 4. The third-order valence-electron chi connectivity index (χ3n) is 3.92. The molecule has 0 saturated heterocycles. The van der Waals surface area contributed by atoms with E-state index in [0.717, 1.165) is 23.5 Å². The Labute approximate surface area is 143 Å².